The minimum absolute atomic E-state index is 0.0516. The van der Waals surface area contributed by atoms with Crippen LogP contribution in [-0.2, 0) is 19.5 Å². The van der Waals surface area contributed by atoms with Gasteiger partial charge in [0, 0.05) is 41.7 Å². The Labute approximate surface area is 142 Å². The SMILES string of the molecule is CSc1nc2c(c(=O)[nH]1)CN(Cc1c(Cl)cccc1Cl)CC2. The number of hydrogen-bond acceptors (Lipinski definition) is 4. The maximum atomic E-state index is 12.2. The fourth-order valence-electron chi connectivity index (χ4n) is 2.60. The molecule has 1 N–H and O–H groups in total. The van der Waals surface area contributed by atoms with Gasteiger partial charge in [-0.25, -0.2) is 4.98 Å². The molecule has 3 rings (SSSR count). The molecule has 0 radical (unpaired) electrons. The molecule has 116 valence electrons. The average Bonchev–Trinajstić information content (AvgIpc) is 2.51. The van der Waals surface area contributed by atoms with E-state index < -0.39 is 0 Å². The summed E-state index contributed by atoms with van der Waals surface area (Å²) in [5.41, 5.74) is 2.49. The Morgan fingerprint density at radius 1 is 1.36 bits per heavy atom. The minimum Gasteiger partial charge on any atom is -0.301 e. The van der Waals surface area contributed by atoms with Crippen LogP contribution < -0.4 is 5.56 Å². The van der Waals surface area contributed by atoms with E-state index in [4.69, 9.17) is 23.2 Å². The van der Waals surface area contributed by atoms with Gasteiger partial charge in [0.05, 0.1) is 11.3 Å². The van der Waals surface area contributed by atoms with E-state index >= 15 is 0 Å². The van der Waals surface area contributed by atoms with Crippen molar-refractivity contribution >= 4 is 35.0 Å². The number of aromatic nitrogens is 2. The predicted molar refractivity (Wildman–Crippen MR) is 90.9 cm³/mol. The number of aromatic amines is 1. The summed E-state index contributed by atoms with van der Waals surface area (Å²) in [5, 5.41) is 1.98. The Morgan fingerprint density at radius 3 is 2.77 bits per heavy atom. The molecule has 1 aromatic heterocycles. The number of H-pyrrole nitrogens is 1. The smallest absolute Gasteiger partial charge is 0.256 e. The minimum atomic E-state index is -0.0516. The second-order valence-electron chi connectivity index (χ2n) is 5.16. The number of nitrogens with zero attached hydrogens (tertiary/aromatic N) is 2. The topological polar surface area (TPSA) is 49.0 Å². The molecule has 0 atom stereocenters. The third-order valence-corrected chi connectivity index (χ3v) is 5.05. The fourth-order valence-corrected chi connectivity index (χ4v) is 3.51. The number of hydrogen-bond donors (Lipinski definition) is 1. The van der Waals surface area contributed by atoms with E-state index in [1.807, 2.05) is 24.5 Å². The van der Waals surface area contributed by atoms with E-state index in [0.29, 0.717) is 28.3 Å². The highest BCUT2D eigenvalue weighted by Crippen LogP contribution is 2.27. The molecule has 0 fully saturated rings. The Bertz CT molecular complexity index is 743. The molecule has 7 heteroatoms. The zero-order valence-corrected chi connectivity index (χ0v) is 14.4. The zero-order valence-electron chi connectivity index (χ0n) is 12.0. The summed E-state index contributed by atoms with van der Waals surface area (Å²) >= 11 is 13.9. The van der Waals surface area contributed by atoms with Crippen LogP contribution in [0.15, 0.2) is 28.2 Å². The third-order valence-electron chi connectivity index (χ3n) is 3.76. The van der Waals surface area contributed by atoms with Gasteiger partial charge in [-0.3, -0.25) is 9.69 Å². The molecule has 0 unspecified atom stereocenters. The van der Waals surface area contributed by atoms with Gasteiger partial charge in [-0.05, 0) is 18.4 Å². The van der Waals surface area contributed by atoms with Crippen molar-refractivity contribution in [3.8, 4) is 0 Å². The van der Waals surface area contributed by atoms with Gasteiger partial charge in [0.25, 0.3) is 5.56 Å². The van der Waals surface area contributed by atoms with Crippen LogP contribution >= 0.6 is 35.0 Å². The van der Waals surface area contributed by atoms with E-state index in [-0.39, 0.29) is 5.56 Å². The molecule has 0 spiro atoms. The molecule has 2 aromatic rings. The van der Waals surface area contributed by atoms with Gasteiger partial charge in [0.2, 0.25) is 0 Å². The van der Waals surface area contributed by atoms with Crippen molar-refractivity contribution in [2.24, 2.45) is 0 Å². The number of nitrogens with one attached hydrogen (secondary N) is 1. The van der Waals surface area contributed by atoms with Crippen LogP contribution in [0.25, 0.3) is 0 Å². The number of rotatable bonds is 3. The van der Waals surface area contributed by atoms with Crippen LogP contribution in [0.4, 0.5) is 0 Å². The molecule has 1 aliphatic rings. The van der Waals surface area contributed by atoms with Crippen molar-refractivity contribution < 1.29 is 0 Å². The largest absolute Gasteiger partial charge is 0.301 e. The first kappa shape index (κ1) is 15.9. The van der Waals surface area contributed by atoms with Crippen LogP contribution in [0.5, 0.6) is 0 Å². The molecule has 0 saturated heterocycles. The van der Waals surface area contributed by atoms with Crippen molar-refractivity contribution in [2.75, 3.05) is 12.8 Å². The first-order valence-electron chi connectivity index (χ1n) is 6.90. The second kappa shape index (κ2) is 6.62. The first-order chi connectivity index (χ1) is 10.6. The molecule has 1 aliphatic heterocycles. The van der Waals surface area contributed by atoms with Gasteiger partial charge >= 0.3 is 0 Å². The number of fused-ring (bicyclic) bond motifs is 1. The van der Waals surface area contributed by atoms with Gasteiger partial charge in [0.15, 0.2) is 5.16 Å². The summed E-state index contributed by atoms with van der Waals surface area (Å²) in [6.07, 6.45) is 2.66. The molecule has 22 heavy (non-hydrogen) atoms. The van der Waals surface area contributed by atoms with Gasteiger partial charge in [-0.1, -0.05) is 41.0 Å². The fraction of sp³-hybridized carbons (Fsp3) is 0.333. The Morgan fingerprint density at radius 2 is 2.09 bits per heavy atom. The van der Waals surface area contributed by atoms with Crippen molar-refractivity contribution in [1.29, 1.82) is 0 Å². The van der Waals surface area contributed by atoms with E-state index in [2.05, 4.69) is 14.9 Å². The quantitative estimate of drug-likeness (QED) is 0.677. The summed E-state index contributed by atoms with van der Waals surface area (Å²) < 4.78 is 0. The summed E-state index contributed by atoms with van der Waals surface area (Å²) in [5.74, 6) is 0. The number of halogens is 2. The molecule has 4 nitrogen and oxygen atoms in total. The standard InChI is InChI=1S/C15H15Cl2N3OS/c1-22-15-18-13-5-6-20(8-10(13)14(21)19-15)7-9-11(16)3-2-4-12(9)17/h2-4H,5-8H2,1H3,(H,18,19,21). The van der Waals surface area contributed by atoms with Crippen LogP contribution in [0.1, 0.15) is 16.8 Å². The van der Waals surface area contributed by atoms with Crippen LogP contribution in [0.3, 0.4) is 0 Å². The Kier molecular flexibility index (Phi) is 4.78. The van der Waals surface area contributed by atoms with E-state index in [0.717, 1.165) is 29.8 Å². The van der Waals surface area contributed by atoms with E-state index in [1.165, 1.54) is 11.8 Å². The van der Waals surface area contributed by atoms with Gasteiger partial charge in [-0.2, -0.15) is 0 Å². The molecule has 0 aliphatic carbocycles. The highest BCUT2D eigenvalue weighted by molar-refractivity contribution is 7.98. The van der Waals surface area contributed by atoms with Crippen molar-refractivity contribution in [3.63, 3.8) is 0 Å². The van der Waals surface area contributed by atoms with Crippen LogP contribution in [0.2, 0.25) is 10.0 Å². The lowest BCUT2D eigenvalue weighted by atomic mass is 10.1. The maximum absolute atomic E-state index is 12.2. The Balaban J connectivity index is 1.84. The highest BCUT2D eigenvalue weighted by Gasteiger charge is 2.22. The molecule has 2 heterocycles. The van der Waals surface area contributed by atoms with Crippen molar-refractivity contribution in [1.82, 2.24) is 14.9 Å². The molecule has 0 amide bonds. The molecular weight excluding hydrogens is 341 g/mol. The lowest BCUT2D eigenvalue weighted by molar-refractivity contribution is 0.241. The molecule has 0 bridgehead atoms. The van der Waals surface area contributed by atoms with Gasteiger partial charge in [0.1, 0.15) is 0 Å². The van der Waals surface area contributed by atoms with Crippen LogP contribution in [0, 0.1) is 0 Å². The number of thioether (sulfide) groups is 1. The highest BCUT2D eigenvalue weighted by atomic mass is 35.5. The van der Waals surface area contributed by atoms with Gasteiger partial charge < -0.3 is 4.98 Å². The lowest BCUT2D eigenvalue weighted by Crippen LogP contribution is -2.35. The van der Waals surface area contributed by atoms with Crippen LogP contribution in [-0.4, -0.2) is 27.7 Å². The van der Waals surface area contributed by atoms with E-state index in [9.17, 15) is 4.79 Å². The normalized spacial score (nSPS) is 14.9. The molecule has 0 saturated carbocycles. The van der Waals surface area contributed by atoms with Crippen molar-refractivity contribution in [3.05, 3.63) is 55.4 Å². The Hall–Kier alpha value is -1.01. The summed E-state index contributed by atoms with van der Waals surface area (Å²) in [4.78, 5) is 21.7. The van der Waals surface area contributed by atoms with Crippen molar-refractivity contribution in [2.45, 2.75) is 24.7 Å². The monoisotopic (exact) mass is 355 g/mol. The second-order valence-corrected chi connectivity index (χ2v) is 6.77. The summed E-state index contributed by atoms with van der Waals surface area (Å²) in [7, 11) is 0. The zero-order chi connectivity index (χ0) is 15.7. The van der Waals surface area contributed by atoms with Gasteiger partial charge in [-0.15, -0.1) is 0 Å². The first-order valence-corrected chi connectivity index (χ1v) is 8.88. The predicted octanol–water partition coefficient (Wildman–Crippen LogP) is 3.36. The average molecular weight is 356 g/mol. The summed E-state index contributed by atoms with van der Waals surface area (Å²) in [6.45, 7) is 2.02. The van der Waals surface area contributed by atoms with E-state index in [1.54, 1.807) is 0 Å². The molecule has 1 aromatic carbocycles. The molecular formula is C15H15Cl2N3OS. The third kappa shape index (κ3) is 3.18. The summed E-state index contributed by atoms with van der Waals surface area (Å²) in [6, 6.07) is 5.50. The lowest BCUT2D eigenvalue weighted by Gasteiger charge is -2.28. The maximum Gasteiger partial charge on any atom is 0.256 e. The number of benzene rings is 1.